The topological polar surface area (TPSA) is 258 Å². The van der Waals surface area contributed by atoms with Gasteiger partial charge in [-0.1, -0.05) is 38.5 Å². The van der Waals surface area contributed by atoms with Gasteiger partial charge in [-0.05, 0) is 76.0 Å². The van der Waals surface area contributed by atoms with E-state index in [0.29, 0.717) is 159 Å². The average Bonchev–Trinajstić information content (AvgIpc) is 4.23. The zero-order valence-electron chi connectivity index (χ0n) is 46.6. The molecule has 0 radical (unpaired) electrons. The second-order valence-electron chi connectivity index (χ2n) is 22.4. The molecule has 17 nitrogen and oxygen atoms in total. The number of amides is 3. The number of carbonyl (C=O) groups excluding carboxylic acids is 6. The number of Topliss-reactive ketones (excluding diaryl/α,β-unsaturated/α-hetero) is 3. The second kappa shape index (κ2) is 33.5. The number of nitrogens with one attached hydrogen (secondary N) is 5. The zero-order chi connectivity index (χ0) is 55.7. The number of ketones is 3. The summed E-state index contributed by atoms with van der Waals surface area (Å²) in [5, 5.41) is 16.3. The van der Waals surface area contributed by atoms with E-state index in [4.69, 9.17) is 20.9 Å². The van der Waals surface area contributed by atoms with Crippen LogP contribution < -0.4 is 41.6 Å². The van der Waals surface area contributed by atoms with Gasteiger partial charge in [0, 0.05) is 83.9 Å². The molecular weight excluding hydrogens is 1130 g/mol. The Balaban J connectivity index is 0.855. The van der Waals surface area contributed by atoms with Gasteiger partial charge >= 0.3 is 125 Å². The van der Waals surface area contributed by atoms with E-state index < -0.39 is 18.4 Å². The minimum atomic E-state index is -2.29. The second-order valence-corrected chi connectivity index (χ2v) is 39.4. The molecule has 20 heteroatoms. The maximum atomic E-state index is 13.5. The summed E-state index contributed by atoms with van der Waals surface area (Å²) in [6.07, 6.45) is 15.8. The fraction of sp³-hybridized carbons (Fsp3) is 0.655. The van der Waals surface area contributed by atoms with Crippen molar-refractivity contribution in [1.82, 2.24) is 16.0 Å². The Hall–Kier alpha value is -4.18. The molecule has 9 N–H and O–H groups in total. The standard InChI is InChI=1S/C55H80N9O8S2.3CH3.Sn/c56-54-61-44-36-73-47(51(44)63-54)24-14-12-21-42(65)19-8-1-3-10-26-49(68)59-40-33-39(46(67)23-16-29-71-31-32-72-30-28-58-53(70)38-17-6-5-7-18-38)34-41(35-40)60-50(69)27-11-4-2-9-20-43(66)22-13-15-25-48-52-45(37-74-48)62-55(57)64-52;;;;/h5-6,17-18,33-35,44-45,47-48,51-52H,1-4,8-16,19-32,36-37H2,(H,58,70)(H,59,68)(H,60,69)(H3,56,61,63)(H3,57,62,64);3*1H3;/t44-,45-,47-,48-,51-,52-;;;;/m0..../s1. The molecule has 430 valence electrons. The van der Waals surface area contributed by atoms with Crippen LogP contribution in [0.15, 0.2) is 52.4 Å². The molecule has 0 aliphatic carbocycles. The Kier molecular flexibility index (Phi) is 27.1. The number of nitrogens with two attached hydrogens (primary N) is 2. The van der Waals surface area contributed by atoms with Crippen molar-refractivity contribution in [3.05, 3.63) is 53.6 Å². The number of ether oxygens (including phenoxy) is 2. The first-order chi connectivity index (χ1) is 37.6. The van der Waals surface area contributed by atoms with Gasteiger partial charge in [-0.25, -0.2) is 9.98 Å². The van der Waals surface area contributed by atoms with Crippen LogP contribution in [0.2, 0.25) is 14.8 Å². The Morgan fingerprint density at radius 1 is 0.577 bits per heavy atom. The maximum absolute atomic E-state index is 13.5. The number of aliphatic imine (C=N–C) groups is 2. The van der Waals surface area contributed by atoms with Crippen molar-refractivity contribution in [3.63, 3.8) is 0 Å². The number of hydrogen-bond donors (Lipinski definition) is 7. The van der Waals surface area contributed by atoms with Gasteiger partial charge in [-0.2, -0.15) is 23.5 Å². The summed E-state index contributed by atoms with van der Waals surface area (Å²) in [5.41, 5.74) is 13.6. The van der Waals surface area contributed by atoms with E-state index in [1.54, 1.807) is 18.2 Å². The van der Waals surface area contributed by atoms with Gasteiger partial charge in [-0.15, -0.1) is 0 Å². The molecule has 0 bridgehead atoms. The monoisotopic (exact) mass is 1220 g/mol. The fourth-order valence-corrected chi connectivity index (χ4v) is 16.8. The van der Waals surface area contributed by atoms with Gasteiger partial charge in [-0.3, -0.25) is 24.0 Å². The Labute approximate surface area is 476 Å². The van der Waals surface area contributed by atoms with Crippen molar-refractivity contribution >= 4 is 104 Å². The predicted molar refractivity (Wildman–Crippen MR) is 320 cm³/mol. The van der Waals surface area contributed by atoms with Gasteiger partial charge < -0.3 is 32.7 Å². The van der Waals surface area contributed by atoms with E-state index in [2.05, 4.69) is 57.5 Å². The summed E-state index contributed by atoms with van der Waals surface area (Å²) >= 11 is 1.61. The molecule has 4 aliphatic heterocycles. The molecule has 6 atom stereocenters. The molecule has 2 aromatic carbocycles. The molecule has 78 heavy (non-hydrogen) atoms. The van der Waals surface area contributed by atoms with Crippen LogP contribution in [-0.2, 0) is 28.7 Å². The molecule has 2 aromatic rings. The normalized spacial score (nSPS) is 20.2. The minimum absolute atomic E-state index is 0.113. The van der Waals surface area contributed by atoms with E-state index in [-0.39, 0.29) is 42.0 Å². The molecular formula is C58H89N9O8S2Sn. The average molecular weight is 1220 g/mol. The van der Waals surface area contributed by atoms with Crippen LogP contribution in [0.1, 0.15) is 162 Å². The molecule has 4 heterocycles. The molecule has 0 spiro atoms. The number of anilines is 2. The van der Waals surface area contributed by atoms with Crippen LogP contribution in [0.25, 0.3) is 0 Å². The molecule has 2 saturated heterocycles. The van der Waals surface area contributed by atoms with Gasteiger partial charge in [0.05, 0.1) is 24.2 Å². The molecule has 0 aromatic heterocycles. The summed E-state index contributed by atoms with van der Waals surface area (Å²) in [6.45, 7) is 1.77. The number of unbranched alkanes of at least 4 members (excludes halogenated alkanes) is 8. The number of rotatable bonds is 39. The van der Waals surface area contributed by atoms with E-state index in [1.807, 2.05) is 41.7 Å². The van der Waals surface area contributed by atoms with E-state index in [1.165, 1.54) is 3.58 Å². The third-order valence-corrected chi connectivity index (χ3v) is 23.6. The van der Waals surface area contributed by atoms with Gasteiger partial charge in [0.2, 0.25) is 11.8 Å². The fourth-order valence-electron chi connectivity index (χ4n) is 10.4. The molecule has 0 saturated carbocycles. The van der Waals surface area contributed by atoms with Crippen LogP contribution in [0.5, 0.6) is 0 Å². The first kappa shape index (κ1) is 63.0. The van der Waals surface area contributed by atoms with Crippen molar-refractivity contribution in [3.8, 4) is 0 Å². The number of nitrogens with zero attached hydrogens (tertiary/aromatic N) is 2. The Bertz CT molecular complexity index is 2260. The molecule has 2 fully saturated rings. The third kappa shape index (κ3) is 22.4. The van der Waals surface area contributed by atoms with Gasteiger partial charge in [0.15, 0.2) is 17.7 Å². The van der Waals surface area contributed by atoms with Gasteiger partial charge in [0.25, 0.3) is 0 Å². The van der Waals surface area contributed by atoms with E-state index in [0.717, 1.165) is 88.6 Å². The number of guanidine groups is 2. The van der Waals surface area contributed by atoms with Crippen LogP contribution >= 0.6 is 23.5 Å². The molecule has 0 unspecified atom stereocenters. The summed E-state index contributed by atoms with van der Waals surface area (Å²) in [5.74, 6) is 3.11. The van der Waals surface area contributed by atoms with Crippen molar-refractivity contribution < 1.29 is 38.2 Å². The van der Waals surface area contributed by atoms with Gasteiger partial charge in [0.1, 0.15) is 11.6 Å². The van der Waals surface area contributed by atoms with Crippen LogP contribution in [-0.4, -0.2) is 145 Å². The molecule has 6 rings (SSSR count). The molecule has 3 amide bonds. The SMILES string of the molecule is [CH3][Sn]([CH3])([CH3])[c]1cccc(C(=O)NCCOCCOCCCC(=O)c2cc(NC(=O)CCCCCCC(=O)CCCC[C@@H]3SC[C@@H]4NC(N)=N[C@@H]43)cc(NC(=O)CCCCCCC(=O)CCCC[C@@H]3SC[C@@H]4NC(N)=N[C@@H]43)c2)c1. The summed E-state index contributed by atoms with van der Waals surface area (Å²) < 4.78 is 12.7. The van der Waals surface area contributed by atoms with Crippen molar-refractivity contribution in [2.45, 2.75) is 191 Å². The summed E-state index contributed by atoms with van der Waals surface area (Å²) in [4.78, 5) is 93.8. The number of fused-ring (bicyclic) bond motifs is 2. The predicted octanol–water partition coefficient (Wildman–Crippen LogP) is 8.02. The Morgan fingerprint density at radius 3 is 1.58 bits per heavy atom. The third-order valence-electron chi connectivity index (χ3n) is 14.8. The van der Waals surface area contributed by atoms with Crippen molar-refractivity contribution in [2.75, 3.05) is 55.1 Å². The first-order valence-corrected chi connectivity index (χ1v) is 41.0. The quantitative estimate of drug-likeness (QED) is 0.0190. The number of hydrogen-bond acceptors (Lipinski definition) is 16. The van der Waals surface area contributed by atoms with E-state index in [9.17, 15) is 28.8 Å². The zero-order valence-corrected chi connectivity index (χ0v) is 51.1. The van der Waals surface area contributed by atoms with E-state index >= 15 is 0 Å². The van der Waals surface area contributed by atoms with Crippen molar-refractivity contribution in [1.29, 1.82) is 0 Å². The summed E-state index contributed by atoms with van der Waals surface area (Å²) in [6, 6.07) is 14.1. The number of carbonyl (C=O) groups is 6. The van der Waals surface area contributed by atoms with Crippen LogP contribution in [0, 0.1) is 0 Å². The summed E-state index contributed by atoms with van der Waals surface area (Å²) in [7, 11) is 0. The Morgan fingerprint density at radius 2 is 1.06 bits per heavy atom. The first-order valence-electron chi connectivity index (χ1n) is 28.9. The van der Waals surface area contributed by atoms with Crippen molar-refractivity contribution in [2.24, 2.45) is 21.5 Å². The van der Waals surface area contributed by atoms with Crippen LogP contribution in [0.3, 0.4) is 0 Å². The number of benzene rings is 2. The molecule has 4 aliphatic rings. The van der Waals surface area contributed by atoms with Crippen LogP contribution in [0.4, 0.5) is 11.4 Å². The number of thioether (sulfide) groups is 2.